The third kappa shape index (κ3) is 3.34. The van der Waals surface area contributed by atoms with Gasteiger partial charge in [0.1, 0.15) is 5.69 Å². The Labute approximate surface area is 123 Å². The lowest BCUT2D eigenvalue weighted by Gasteiger charge is -2.18. The van der Waals surface area contributed by atoms with Crippen LogP contribution < -0.4 is 0 Å². The average Bonchev–Trinajstić information content (AvgIpc) is 2.91. The maximum atomic E-state index is 11.2. The Bertz CT molecular complexity index is 587. The van der Waals surface area contributed by atoms with Crippen LogP contribution in [0.4, 0.5) is 0 Å². The largest absolute Gasteiger partial charge is 0.347 e. The van der Waals surface area contributed by atoms with Crippen molar-refractivity contribution in [2.75, 3.05) is 13.2 Å². The molecular formula is C15H19N3O3. The second-order valence-electron chi connectivity index (χ2n) is 4.47. The molecule has 2 aromatic rings. The summed E-state index contributed by atoms with van der Waals surface area (Å²) in [5, 5.41) is 7.95. The monoisotopic (exact) mass is 289 g/mol. The van der Waals surface area contributed by atoms with Gasteiger partial charge in [-0.05, 0) is 32.9 Å². The highest BCUT2D eigenvalue weighted by molar-refractivity contribution is 5.73. The Balaban J connectivity index is 2.49. The van der Waals surface area contributed by atoms with Gasteiger partial charge in [-0.15, -0.1) is 5.10 Å². The summed E-state index contributed by atoms with van der Waals surface area (Å²) in [4.78, 5) is 11.2. The zero-order valence-corrected chi connectivity index (χ0v) is 12.4. The molecule has 1 aromatic heterocycles. The lowest BCUT2D eigenvalue weighted by atomic mass is 10.2. The van der Waals surface area contributed by atoms with Gasteiger partial charge in [-0.25, -0.2) is 4.68 Å². The van der Waals surface area contributed by atoms with Gasteiger partial charge in [0, 0.05) is 13.2 Å². The number of carbonyl (C=O) groups is 1. The average molecular weight is 289 g/mol. The molecule has 6 heteroatoms. The molecule has 0 spiro atoms. The van der Waals surface area contributed by atoms with Crippen LogP contribution in [0.5, 0.6) is 0 Å². The molecule has 0 saturated carbocycles. The normalized spacial score (nSPS) is 11.0. The van der Waals surface area contributed by atoms with Crippen LogP contribution >= 0.6 is 0 Å². The van der Waals surface area contributed by atoms with E-state index >= 15 is 0 Å². The molecule has 0 saturated heterocycles. The summed E-state index contributed by atoms with van der Waals surface area (Å²) in [6.07, 6.45) is -0.00516. The highest BCUT2D eigenvalue weighted by Gasteiger charge is 2.24. The second kappa shape index (κ2) is 7.10. The minimum absolute atomic E-state index is 0.225. The molecule has 21 heavy (non-hydrogen) atoms. The van der Waals surface area contributed by atoms with Gasteiger partial charge in [0.05, 0.1) is 5.69 Å². The summed E-state index contributed by atoms with van der Waals surface area (Å²) in [6.45, 7) is 6.66. The molecule has 0 bridgehead atoms. The predicted octanol–water partition coefficient (Wildman–Crippen LogP) is 2.46. The van der Waals surface area contributed by atoms with E-state index in [1.807, 2.05) is 45.0 Å². The SMILES string of the molecule is CCOC(OCC)c1c(C=O)nnn1-c1ccc(C)cc1. The van der Waals surface area contributed by atoms with Crippen molar-refractivity contribution in [1.29, 1.82) is 0 Å². The highest BCUT2D eigenvalue weighted by atomic mass is 16.7. The Hall–Kier alpha value is -2.05. The molecule has 0 unspecified atom stereocenters. The van der Waals surface area contributed by atoms with Crippen molar-refractivity contribution in [3.63, 3.8) is 0 Å². The predicted molar refractivity (Wildman–Crippen MR) is 77.5 cm³/mol. The minimum Gasteiger partial charge on any atom is -0.347 e. The minimum atomic E-state index is -0.670. The van der Waals surface area contributed by atoms with Crippen molar-refractivity contribution in [2.45, 2.75) is 27.1 Å². The molecule has 0 aliphatic rings. The first kappa shape index (κ1) is 15.3. The smallest absolute Gasteiger partial charge is 0.203 e. The van der Waals surface area contributed by atoms with Crippen molar-refractivity contribution in [1.82, 2.24) is 15.0 Å². The molecule has 0 fully saturated rings. The molecule has 0 radical (unpaired) electrons. The molecule has 0 atom stereocenters. The Morgan fingerprint density at radius 2 is 1.81 bits per heavy atom. The quantitative estimate of drug-likeness (QED) is 0.578. The van der Waals surface area contributed by atoms with Gasteiger partial charge in [0.2, 0.25) is 6.29 Å². The van der Waals surface area contributed by atoms with Crippen molar-refractivity contribution >= 4 is 6.29 Å². The molecule has 1 heterocycles. The lowest BCUT2D eigenvalue weighted by Crippen LogP contribution is -2.15. The Morgan fingerprint density at radius 1 is 1.19 bits per heavy atom. The number of nitrogens with zero attached hydrogens (tertiary/aromatic N) is 3. The molecule has 1 aromatic carbocycles. The second-order valence-corrected chi connectivity index (χ2v) is 4.47. The van der Waals surface area contributed by atoms with Crippen molar-refractivity contribution in [3.8, 4) is 5.69 Å². The van der Waals surface area contributed by atoms with E-state index in [0.29, 0.717) is 25.2 Å². The van der Waals surface area contributed by atoms with Crippen LogP contribution in [0, 0.1) is 6.92 Å². The Morgan fingerprint density at radius 3 is 2.33 bits per heavy atom. The third-order valence-electron chi connectivity index (χ3n) is 2.98. The van der Waals surface area contributed by atoms with Gasteiger partial charge >= 0.3 is 0 Å². The molecule has 0 aliphatic carbocycles. The van der Waals surface area contributed by atoms with E-state index in [4.69, 9.17) is 9.47 Å². The number of benzene rings is 1. The van der Waals surface area contributed by atoms with Crippen LogP contribution in [0.1, 0.15) is 41.9 Å². The fourth-order valence-corrected chi connectivity index (χ4v) is 1.99. The van der Waals surface area contributed by atoms with Gasteiger partial charge in [-0.1, -0.05) is 22.9 Å². The van der Waals surface area contributed by atoms with Crippen LogP contribution in [-0.4, -0.2) is 34.5 Å². The van der Waals surface area contributed by atoms with E-state index in [9.17, 15) is 4.79 Å². The summed E-state index contributed by atoms with van der Waals surface area (Å²) in [7, 11) is 0. The molecule has 2 rings (SSSR count). The van der Waals surface area contributed by atoms with E-state index in [-0.39, 0.29) is 5.69 Å². The topological polar surface area (TPSA) is 66.2 Å². The number of carbonyl (C=O) groups excluding carboxylic acids is 1. The number of rotatable bonds is 7. The van der Waals surface area contributed by atoms with Gasteiger partial charge in [-0.2, -0.15) is 0 Å². The van der Waals surface area contributed by atoms with Crippen LogP contribution in [0.15, 0.2) is 24.3 Å². The zero-order chi connectivity index (χ0) is 15.2. The van der Waals surface area contributed by atoms with Crippen LogP contribution in [0.25, 0.3) is 5.69 Å². The van der Waals surface area contributed by atoms with Gasteiger partial charge in [0.25, 0.3) is 0 Å². The number of aldehydes is 1. The van der Waals surface area contributed by atoms with Gasteiger partial charge in [0.15, 0.2) is 12.0 Å². The maximum Gasteiger partial charge on any atom is 0.203 e. The van der Waals surface area contributed by atoms with E-state index in [1.165, 1.54) is 0 Å². The van der Waals surface area contributed by atoms with Gasteiger partial charge < -0.3 is 9.47 Å². The molecule has 0 amide bonds. The number of ether oxygens (including phenoxy) is 2. The summed E-state index contributed by atoms with van der Waals surface area (Å²) < 4.78 is 12.7. The highest BCUT2D eigenvalue weighted by Crippen LogP contribution is 2.24. The fraction of sp³-hybridized carbons (Fsp3) is 0.400. The van der Waals surface area contributed by atoms with Crippen LogP contribution in [0.2, 0.25) is 0 Å². The van der Waals surface area contributed by atoms with Crippen LogP contribution in [0.3, 0.4) is 0 Å². The summed E-state index contributed by atoms with van der Waals surface area (Å²) in [5.41, 5.74) is 2.68. The first-order valence-corrected chi connectivity index (χ1v) is 6.92. The zero-order valence-electron chi connectivity index (χ0n) is 12.4. The van der Waals surface area contributed by atoms with Gasteiger partial charge in [-0.3, -0.25) is 4.79 Å². The summed E-state index contributed by atoms with van der Waals surface area (Å²) >= 11 is 0. The number of aryl methyl sites for hydroxylation is 1. The summed E-state index contributed by atoms with van der Waals surface area (Å²) in [5.74, 6) is 0. The van der Waals surface area contributed by atoms with E-state index in [0.717, 1.165) is 11.3 Å². The molecular weight excluding hydrogens is 270 g/mol. The Kier molecular flexibility index (Phi) is 5.19. The third-order valence-corrected chi connectivity index (χ3v) is 2.98. The van der Waals surface area contributed by atoms with E-state index < -0.39 is 6.29 Å². The number of hydrogen-bond donors (Lipinski definition) is 0. The fourth-order valence-electron chi connectivity index (χ4n) is 1.99. The maximum absolute atomic E-state index is 11.2. The van der Waals surface area contributed by atoms with Crippen LogP contribution in [-0.2, 0) is 9.47 Å². The first-order chi connectivity index (χ1) is 10.2. The standard InChI is InChI=1S/C15H19N3O3/c1-4-20-15(21-5-2)14-13(10-19)16-17-18(14)12-8-6-11(3)7-9-12/h6-10,15H,4-5H2,1-3H3. The molecule has 112 valence electrons. The number of hydrogen-bond acceptors (Lipinski definition) is 5. The van der Waals surface area contributed by atoms with E-state index in [1.54, 1.807) is 4.68 Å². The van der Waals surface area contributed by atoms with Crippen molar-refractivity contribution in [2.24, 2.45) is 0 Å². The van der Waals surface area contributed by atoms with E-state index in [2.05, 4.69) is 10.3 Å². The molecule has 6 nitrogen and oxygen atoms in total. The lowest BCUT2D eigenvalue weighted by molar-refractivity contribution is -0.143. The molecule has 0 aliphatic heterocycles. The summed E-state index contributed by atoms with van der Waals surface area (Å²) in [6, 6.07) is 7.77. The first-order valence-electron chi connectivity index (χ1n) is 6.92. The van der Waals surface area contributed by atoms with Crippen molar-refractivity contribution < 1.29 is 14.3 Å². The number of aromatic nitrogens is 3. The molecule has 0 N–H and O–H groups in total. The van der Waals surface area contributed by atoms with Crippen molar-refractivity contribution in [3.05, 3.63) is 41.2 Å².